The van der Waals surface area contributed by atoms with E-state index in [0.717, 1.165) is 16.9 Å². The fourth-order valence-corrected chi connectivity index (χ4v) is 2.04. The number of anilines is 1. The highest BCUT2D eigenvalue weighted by Gasteiger charge is 2.05. The van der Waals surface area contributed by atoms with E-state index in [4.69, 9.17) is 16.3 Å². The zero-order chi connectivity index (χ0) is 14.5. The number of ether oxygens (including phenoxy) is 1. The third-order valence-corrected chi connectivity index (χ3v) is 3.07. The summed E-state index contributed by atoms with van der Waals surface area (Å²) in [5.74, 6) is 0.651. The molecule has 0 saturated heterocycles. The van der Waals surface area contributed by atoms with E-state index >= 15 is 0 Å². The average Bonchev–Trinajstić information content (AvgIpc) is 2.41. The maximum atomic E-state index is 9.66. The number of pyridine rings is 1. The molecule has 0 amide bonds. The molecule has 0 bridgehead atoms. The lowest BCUT2D eigenvalue weighted by atomic mass is 10.2. The van der Waals surface area contributed by atoms with Gasteiger partial charge in [-0.3, -0.25) is 0 Å². The number of aryl methyl sites for hydroxylation is 1. The van der Waals surface area contributed by atoms with Crippen LogP contribution in [0, 0.1) is 6.92 Å². The highest BCUT2D eigenvalue weighted by molar-refractivity contribution is 6.29. The van der Waals surface area contributed by atoms with Crippen LogP contribution in [-0.4, -0.2) is 16.7 Å². The molecule has 20 heavy (non-hydrogen) atoms. The minimum atomic E-state index is 0.153. The molecule has 1 aromatic carbocycles. The van der Waals surface area contributed by atoms with Crippen LogP contribution in [0.2, 0.25) is 5.15 Å². The topological polar surface area (TPSA) is 54.4 Å². The number of rotatable bonds is 5. The lowest BCUT2D eigenvalue weighted by Crippen LogP contribution is -2.02. The lowest BCUT2D eigenvalue weighted by Gasteiger charge is -2.11. The van der Waals surface area contributed by atoms with Crippen LogP contribution >= 0.6 is 11.6 Å². The van der Waals surface area contributed by atoms with Crippen molar-refractivity contribution < 1.29 is 9.84 Å². The van der Waals surface area contributed by atoms with Crippen LogP contribution in [0.25, 0.3) is 0 Å². The van der Waals surface area contributed by atoms with E-state index in [9.17, 15) is 5.11 Å². The van der Waals surface area contributed by atoms with Crippen molar-refractivity contribution in [3.63, 3.8) is 0 Å². The van der Waals surface area contributed by atoms with Gasteiger partial charge in [0.15, 0.2) is 11.5 Å². The van der Waals surface area contributed by atoms with E-state index in [1.165, 1.54) is 0 Å². The molecule has 0 aliphatic heterocycles. The molecular formula is C15H17ClN2O2. The SMILES string of the molecule is CCOc1cc(CNc2ccc(Cl)nc2C)ccc1O. The summed E-state index contributed by atoms with van der Waals surface area (Å²) in [6.07, 6.45) is 0. The van der Waals surface area contributed by atoms with Gasteiger partial charge in [0, 0.05) is 6.54 Å². The third kappa shape index (κ3) is 3.54. The Labute approximate surface area is 123 Å². The second-order valence-electron chi connectivity index (χ2n) is 4.36. The van der Waals surface area contributed by atoms with Gasteiger partial charge in [0.05, 0.1) is 18.0 Å². The summed E-state index contributed by atoms with van der Waals surface area (Å²) in [4.78, 5) is 4.19. The normalized spacial score (nSPS) is 10.3. The second kappa shape index (κ2) is 6.48. The molecule has 0 unspecified atom stereocenters. The molecule has 5 heteroatoms. The monoisotopic (exact) mass is 292 g/mol. The van der Waals surface area contributed by atoms with E-state index in [1.54, 1.807) is 12.1 Å². The molecule has 2 N–H and O–H groups in total. The van der Waals surface area contributed by atoms with E-state index in [-0.39, 0.29) is 5.75 Å². The summed E-state index contributed by atoms with van der Waals surface area (Å²) in [6.45, 7) is 4.92. The molecule has 0 fully saturated rings. The molecule has 0 atom stereocenters. The van der Waals surface area contributed by atoms with E-state index in [1.807, 2.05) is 32.0 Å². The van der Waals surface area contributed by atoms with Crippen molar-refractivity contribution in [2.75, 3.05) is 11.9 Å². The number of aromatic nitrogens is 1. The zero-order valence-corrected chi connectivity index (χ0v) is 12.2. The summed E-state index contributed by atoms with van der Waals surface area (Å²) >= 11 is 5.82. The number of aromatic hydroxyl groups is 1. The maximum Gasteiger partial charge on any atom is 0.161 e. The Kier molecular flexibility index (Phi) is 4.69. The van der Waals surface area contributed by atoms with Gasteiger partial charge in [-0.05, 0) is 43.7 Å². The molecule has 1 aromatic heterocycles. The highest BCUT2D eigenvalue weighted by atomic mass is 35.5. The molecule has 106 valence electrons. The Bertz CT molecular complexity index is 602. The van der Waals surface area contributed by atoms with Crippen LogP contribution in [0.3, 0.4) is 0 Å². The van der Waals surface area contributed by atoms with Gasteiger partial charge in [-0.15, -0.1) is 0 Å². The smallest absolute Gasteiger partial charge is 0.161 e. The van der Waals surface area contributed by atoms with Crippen molar-refractivity contribution in [1.82, 2.24) is 4.98 Å². The lowest BCUT2D eigenvalue weighted by molar-refractivity contribution is 0.318. The van der Waals surface area contributed by atoms with Crippen molar-refractivity contribution in [2.45, 2.75) is 20.4 Å². The number of halogens is 1. The van der Waals surface area contributed by atoms with Crippen LogP contribution in [0.1, 0.15) is 18.2 Å². The first-order valence-electron chi connectivity index (χ1n) is 6.42. The Hall–Kier alpha value is -1.94. The van der Waals surface area contributed by atoms with Gasteiger partial charge in [-0.1, -0.05) is 17.7 Å². The summed E-state index contributed by atoms with van der Waals surface area (Å²) in [5, 5.41) is 13.4. The second-order valence-corrected chi connectivity index (χ2v) is 4.74. The molecule has 2 aromatic rings. The van der Waals surface area contributed by atoms with Crippen molar-refractivity contribution in [1.29, 1.82) is 0 Å². The fraction of sp³-hybridized carbons (Fsp3) is 0.267. The largest absolute Gasteiger partial charge is 0.504 e. The van der Waals surface area contributed by atoms with Crippen LogP contribution in [0.5, 0.6) is 11.5 Å². The molecule has 1 heterocycles. The average molecular weight is 293 g/mol. The first kappa shape index (κ1) is 14.5. The van der Waals surface area contributed by atoms with Crippen LogP contribution in [-0.2, 0) is 6.54 Å². The number of phenols is 1. The molecule has 2 rings (SSSR count). The van der Waals surface area contributed by atoms with Gasteiger partial charge in [-0.2, -0.15) is 0 Å². The Morgan fingerprint density at radius 2 is 2.10 bits per heavy atom. The Morgan fingerprint density at radius 3 is 2.80 bits per heavy atom. The number of phenolic OH excluding ortho intramolecular Hbond substituents is 1. The third-order valence-electron chi connectivity index (χ3n) is 2.86. The summed E-state index contributed by atoms with van der Waals surface area (Å²) in [5.41, 5.74) is 2.79. The summed E-state index contributed by atoms with van der Waals surface area (Å²) in [6, 6.07) is 8.96. The number of benzene rings is 1. The molecular weight excluding hydrogens is 276 g/mol. The number of hydrogen-bond donors (Lipinski definition) is 2. The van der Waals surface area contributed by atoms with Crippen LogP contribution in [0.4, 0.5) is 5.69 Å². The van der Waals surface area contributed by atoms with Crippen molar-refractivity contribution in [3.05, 3.63) is 46.7 Å². The van der Waals surface area contributed by atoms with Gasteiger partial charge in [0.2, 0.25) is 0 Å². The van der Waals surface area contributed by atoms with E-state index in [2.05, 4.69) is 10.3 Å². The van der Waals surface area contributed by atoms with Crippen LogP contribution in [0.15, 0.2) is 30.3 Å². The first-order valence-corrected chi connectivity index (χ1v) is 6.79. The van der Waals surface area contributed by atoms with Gasteiger partial charge < -0.3 is 15.2 Å². The predicted octanol–water partition coefficient (Wildman–Crippen LogP) is 3.76. The minimum absolute atomic E-state index is 0.153. The summed E-state index contributed by atoms with van der Waals surface area (Å²) < 4.78 is 5.36. The number of nitrogens with one attached hydrogen (secondary N) is 1. The van der Waals surface area contributed by atoms with Crippen molar-refractivity contribution in [2.24, 2.45) is 0 Å². The highest BCUT2D eigenvalue weighted by Crippen LogP contribution is 2.27. The van der Waals surface area contributed by atoms with E-state index in [0.29, 0.717) is 24.1 Å². The molecule has 0 spiro atoms. The number of nitrogens with zero attached hydrogens (tertiary/aromatic N) is 1. The van der Waals surface area contributed by atoms with Gasteiger partial charge in [-0.25, -0.2) is 4.98 Å². The maximum absolute atomic E-state index is 9.66. The quantitative estimate of drug-likeness (QED) is 0.824. The van der Waals surface area contributed by atoms with Gasteiger partial charge >= 0.3 is 0 Å². The minimum Gasteiger partial charge on any atom is -0.504 e. The molecule has 0 saturated carbocycles. The molecule has 0 aliphatic rings. The summed E-state index contributed by atoms with van der Waals surface area (Å²) in [7, 11) is 0. The van der Waals surface area contributed by atoms with Crippen molar-refractivity contribution >= 4 is 17.3 Å². The van der Waals surface area contributed by atoms with Crippen molar-refractivity contribution in [3.8, 4) is 11.5 Å². The van der Waals surface area contributed by atoms with Crippen LogP contribution < -0.4 is 10.1 Å². The standard InChI is InChI=1S/C15H17ClN2O2/c1-3-20-14-8-11(4-6-13(14)19)9-17-12-5-7-15(16)18-10(12)2/h4-8,17,19H,3,9H2,1-2H3. The Balaban J connectivity index is 2.08. The Morgan fingerprint density at radius 1 is 1.30 bits per heavy atom. The van der Waals surface area contributed by atoms with Gasteiger partial charge in [0.1, 0.15) is 5.15 Å². The number of hydrogen-bond acceptors (Lipinski definition) is 4. The van der Waals surface area contributed by atoms with E-state index < -0.39 is 0 Å². The zero-order valence-electron chi connectivity index (χ0n) is 11.5. The first-order chi connectivity index (χ1) is 9.60. The van der Waals surface area contributed by atoms with Gasteiger partial charge in [0.25, 0.3) is 0 Å². The molecule has 4 nitrogen and oxygen atoms in total. The fourth-order valence-electron chi connectivity index (χ4n) is 1.85. The predicted molar refractivity (Wildman–Crippen MR) is 80.6 cm³/mol. The molecule has 0 radical (unpaired) electrons. The molecule has 0 aliphatic carbocycles.